The minimum atomic E-state index is -3.18. The molecule has 2 aliphatic heterocycles. The van der Waals surface area contributed by atoms with Gasteiger partial charge in [0.05, 0.1) is 11.3 Å². The molecule has 2 N–H and O–H groups in total. The summed E-state index contributed by atoms with van der Waals surface area (Å²) in [6.07, 6.45) is 4.52. The Kier molecular flexibility index (Phi) is 7.38. The largest absolute Gasteiger partial charge is 0.381 e. The zero-order chi connectivity index (χ0) is 15.5. The van der Waals surface area contributed by atoms with Crippen LogP contribution in [0, 0.1) is 5.92 Å². The van der Waals surface area contributed by atoms with Gasteiger partial charge in [-0.25, -0.2) is 8.42 Å². The molecule has 0 saturated carbocycles. The van der Waals surface area contributed by atoms with Crippen LogP contribution in [-0.2, 0) is 14.6 Å². The molecule has 2 heterocycles. The highest BCUT2D eigenvalue weighted by atomic mass is 127. The predicted molar refractivity (Wildman–Crippen MR) is 99.5 cm³/mol. The van der Waals surface area contributed by atoms with Gasteiger partial charge in [0.25, 0.3) is 0 Å². The fourth-order valence-corrected chi connectivity index (χ4v) is 4.16. The first kappa shape index (κ1) is 20.0. The predicted octanol–water partition coefficient (Wildman–Crippen LogP) is 1.24. The van der Waals surface area contributed by atoms with Crippen LogP contribution in [0.2, 0.25) is 0 Å². The number of likely N-dealkylation sites (tertiary alicyclic amines) is 1. The van der Waals surface area contributed by atoms with Crippen LogP contribution >= 0.6 is 24.0 Å². The third-order valence-corrected chi connectivity index (χ3v) is 6.94. The molecule has 2 rings (SSSR count). The van der Waals surface area contributed by atoms with Crippen LogP contribution < -0.4 is 5.73 Å². The molecule has 0 amide bonds. The zero-order valence-electron chi connectivity index (χ0n) is 13.5. The first-order valence-electron chi connectivity index (χ1n) is 7.66. The standard InChI is InChI=1S/C14H27N3O3S.HI/c1-12-3-7-17(8-4-12)13(15)16-11-14(21(2,18)19)5-9-20-10-6-14;/h12H,3-11H2,1-2H3,(H2,15,16);1H. The number of nitrogens with two attached hydrogens (primary N) is 1. The van der Waals surface area contributed by atoms with Crippen LogP contribution in [-0.4, -0.2) is 63.1 Å². The lowest BCUT2D eigenvalue weighted by atomic mass is 9.99. The number of aliphatic imine (C=N–C) groups is 1. The molecule has 2 saturated heterocycles. The summed E-state index contributed by atoms with van der Waals surface area (Å²) >= 11 is 0. The average Bonchev–Trinajstić information content (AvgIpc) is 2.45. The molecule has 22 heavy (non-hydrogen) atoms. The number of sulfone groups is 1. The van der Waals surface area contributed by atoms with Crippen molar-refractivity contribution >= 4 is 39.8 Å². The Morgan fingerprint density at radius 2 is 1.86 bits per heavy atom. The van der Waals surface area contributed by atoms with Gasteiger partial charge in [0.15, 0.2) is 15.8 Å². The van der Waals surface area contributed by atoms with E-state index in [4.69, 9.17) is 10.5 Å². The van der Waals surface area contributed by atoms with E-state index in [0.717, 1.165) is 31.8 Å². The van der Waals surface area contributed by atoms with Crippen LogP contribution in [0.4, 0.5) is 0 Å². The van der Waals surface area contributed by atoms with Crippen molar-refractivity contribution < 1.29 is 13.2 Å². The summed E-state index contributed by atoms with van der Waals surface area (Å²) in [5, 5.41) is 0. The van der Waals surface area contributed by atoms with Crippen LogP contribution in [0.15, 0.2) is 4.99 Å². The van der Waals surface area contributed by atoms with Crippen molar-refractivity contribution in [1.29, 1.82) is 0 Å². The second-order valence-corrected chi connectivity index (χ2v) is 8.82. The number of hydrogen-bond acceptors (Lipinski definition) is 4. The number of ether oxygens (including phenoxy) is 1. The average molecular weight is 445 g/mol. The molecule has 0 radical (unpaired) electrons. The van der Waals surface area contributed by atoms with E-state index in [-0.39, 0.29) is 30.5 Å². The van der Waals surface area contributed by atoms with E-state index in [9.17, 15) is 8.42 Å². The van der Waals surface area contributed by atoms with Gasteiger partial charge in [0.1, 0.15) is 0 Å². The van der Waals surface area contributed by atoms with Crippen molar-refractivity contribution in [3.63, 3.8) is 0 Å². The molecule has 0 atom stereocenters. The van der Waals surface area contributed by atoms with E-state index in [1.54, 1.807) is 0 Å². The minimum Gasteiger partial charge on any atom is -0.381 e. The molecule has 0 aromatic rings. The Hall–Kier alpha value is -0.0900. The van der Waals surface area contributed by atoms with Crippen molar-refractivity contribution in [2.45, 2.75) is 37.4 Å². The van der Waals surface area contributed by atoms with Gasteiger partial charge in [-0.2, -0.15) is 0 Å². The summed E-state index contributed by atoms with van der Waals surface area (Å²) in [4.78, 5) is 6.49. The smallest absolute Gasteiger partial charge is 0.191 e. The lowest BCUT2D eigenvalue weighted by Gasteiger charge is -2.35. The molecule has 2 fully saturated rings. The highest BCUT2D eigenvalue weighted by Crippen LogP contribution is 2.29. The molecule has 0 aromatic heterocycles. The van der Waals surface area contributed by atoms with Gasteiger partial charge in [-0.3, -0.25) is 4.99 Å². The van der Waals surface area contributed by atoms with E-state index in [2.05, 4.69) is 16.8 Å². The highest BCUT2D eigenvalue weighted by molar-refractivity contribution is 14.0. The zero-order valence-corrected chi connectivity index (χ0v) is 16.6. The summed E-state index contributed by atoms with van der Waals surface area (Å²) in [6, 6.07) is 0. The number of guanidine groups is 1. The third-order valence-electron chi connectivity index (χ3n) is 4.83. The van der Waals surface area contributed by atoms with Crippen molar-refractivity contribution in [2.75, 3.05) is 39.1 Å². The van der Waals surface area contributed by atoms with Crippen LogP contribution in [0.3, 0.4) is 0 Å². The van der Waals surface area contributed by atoms with Gasteiger partial charge in [0, 0.05) is 32.6 Å². The molecule has 8 heteroatoms. The molecule has 0 bridgehead atoms. The maximum absolute atomic E-state index is 12.2. The molecule has 2 aliphatic rings. The van der Waals surface area contributed by atoms with E-state index in [0.29, 0.717) is 32.0 Å². The van der Waals surface area contributed by atoms with Crippen molar-refractivity contribution in [2.24, 2.45) is 16.6 Å². The molecule has 0 spiro atoms. The summed E-state index contributed by atoms with van der Waals surface area (Å²) < 4.78 is 28.8. The Morgan fingerprint density at radius 3 is 2.36 bits per heavy atom. The lowest BCUT2D eigenvalue weighted by Crippen LogP contribution is -2.48. The summed E-state index contributed by atoms with van der Waals surface area (Å²) in [5.74, 6) is 1.21. The molecule has 6 nitrogen and oxygen atoms in total. The van der Waals surface area contributed by atoms with Crippen molar-refractivity contribution in [3.8, 4) is 0 Å². The second-order valence-electron chi connectivity index (χ2n) is 6.41. The topological polar surface area (TPSA) is 85.0 Å². The van der Waals surface area contributed by atoms with E-state index in [1.807, 2.05) is 0 Å². The Labute approximate surface area is 150 Å². The van der Waals surface area contributed by atoms with Gasteiger partial charge in [0.2, 0.25) is 0 Å². The van der Waals surface area contributed by atoms with E-state index >= 15 is 0 Å². The Morgan fingerprint density at radius 1 is 1.32 bits per heavy atom. The van der Waals surface area contributed by atoms with Gasteiger partial charge in [-0.15, -0.1) is 24.0 Å². The first-order chi connectivity index (χ1) is 9.84. The fourth-order valence-electron chi connectivity index (χ4n) is 2.95. The van der Waals surface area contributed by atoms with Crippen molar-refractivity contribution in [3.05, 3.63) is 0 Å². The van der Waals surface area contributed by atoms with E-state index in [1.165, 1.54) is 6.26 Å². The summed E-state index contributed by atoms with van der Waals surface area (Å²) in [5.41, 5.74) is 6.06. The first-order valence-corrected chi connectivity index (χ1v) is 9.55. The normalized spacial score (nSPS) is 23.9. The van der Waals surface area contributed by atoms with Gasteiger partial charge >= 0.3 is 0 Å². The molecule has 0 unspecified atom stereocenters. The number of halogens is 1. The number of hydrogen-bond donors (Lipinski definition) is 1. The van der Waals surface area contributed by atoms with Gasteiger partial charge in [-0.1, -0.05) is 6.92 Å². The quantitative estimate of drug-likeness (QED) is 0.402. The number of piperidine rings is 1. The van der Waals surface area contributed by atoms with Crippen LogP contribution in [0.1, 0.15) is 32.6 Å². The molecule has 130 valence electrons. The van der Waals surface area contributed by atoms with Gasteiger partial charge in [-0.05, 0) is 31.6 Å². The molecular weight excluding hydrogens is 417 g/mol. The maximum atomic E-state index is 12.2. The fraction of sp³-hybridized carbons (Fsp3) is 0.929. The lowest BCUT2D eigenvalue weighted by molar-refractivity contribution is 0.0767. The van der Waals surface area contributed by atoms with Gasteiger partial charge < -0.3 is 15.4 Å². The van der Waals surface area contributed by atoms with Crippen molar-refractivity contribution in [1.82, 2.24) is 4.90 Å². The second kappa shape index (κ2) is 8.14. The van der Waals surface area contributed by atoms with Crippen LogP contribution in [0.25, 0.3) is 0 Å². The summed E-state index contributed by atoms with van der Waals surface area (Å²) in [7, 11) is -3.18. The Bertz CT molecular complexity index is 482. The highest BCUT2D eigenvalue weighted by Gasteiger charge is 2.42. The van der Waals surface area contributed by atoms with E-state index < -0.39 is 14.6 Å². The number of rotatable bonds is 3. The van der Waals surface area contributed by atoms with Crippen LogP contribution in [0.5, 0.6) is 0 Å². The Balaban J connectivity index is 0.00000242. The third kappa shape index (κ3) is 4.70. The monoisotopic (exact) mass is 445 g/mol. The number of nitrogens with zero attached hydrogens (tertiary/aromatic N) is 2. The summed E-state index contributed by atoms with van der Waals surface area (Å²) in [6.45, 7) is 5.25. The molecule has 0 aliphatic carbocycles. The maximum Gasteiger partial charge on any atom is 0.191 e. The SMILES string of the molecule is CC1CCN(C(N)=NCC2(S(C)(=O)=O)CCOCC2)CC1.I. The minimum absolute atomic E-state index is 0. The molecular formula is C14H28IN3O3S. The molecule has 0 aromatic carbocycles.